The molecule has 1 atom stereocenters. The van der Waals surface area contributed by atoms with Gasteiger partial charge in [0.1, 0.15) is 0 Å². The molecule has 1 aromatic carbocycles. The summed E-state index contributed by atoms with van der Waals surface area (Å²) in [5.41, 5.74) is 9.13. The van der Waals surface area contributed by atoms with Crippen LogP contribution in [0.25, 0.3) is 0 Å². The number of rotatable bonds is 2. The summed E-state index contributed by atoms with van der Waals surface area (Å²) in [7, 11) is 1.70. The molecule has 1 fully saturated rings. The molecule has 3 N–H and O–H groups in total. The predicted octanol–water partition coefficient (Wildman–Crippen LogP) is 1.54. The standard InChI is InChI=1S/C14H21N3O/c1-10-5-3-7-12(15)13(10)17-8-4-6-11(9-17)14(18)16-2/h3,5,7,11H,4,6,8-9,15H2,1-2H3,(H,16,18). The Morgan fingerprint density at radius 3 is 2.94 bits per heavy atom. The van der Waals surface area contributed by atoms with E-state index < -0.39 is 0 Å². The van der Waals surface area contributed by atoms with E-state index in [1.165, 1.54) is 5.56 Å². The maximum atomic E-state index is 11.7. The number of piperidine rings is 1. The third-order valence-corrected chi connectivity index (χ3v) is 3.62. The number of para-hydroxylation sites is 1. The van der Waals surface area contributed by atoms with Crippen LogP contribution in [0.4, 0.5) is 11.4 Å². The second-order valence-electron chi connectivity index (χ2n) is 4.91. The number of nitrogens with one attached hydrogen (secondary N) is 1. The number of nitrogens with two attached hydrogens (primary N) is 1. The Hall–Kier alpha value is -1.71. The minimum absolute atomic E-state index is 0.0720. The van der Waals surface area contributed by atoms with Crippen molar-refractivity contribution in [2.45, 2.75) is 19.8 Å². The number of benzene rings is 1. The highest BCUT2D eigenvalue weighted by molar-refractivity contribution is 5.80. The Labute approximate surface area is 108 Å². The van der Waals surface area contributed by atoms with E-state index in [1.807, 2.05) is 12.1 Å². The zero-order valence-electron chi connectivity index (χ0n) is 11.1. The third kappa shape index (κ3) is 2.42. The Morgan fingerprint density at radius 1 is 1.50 bits per heavy atom. The molecule has 18 heavy (non-hydrogen) atoms. The van der Waals surface area contributed by atoms with Crippen LogP contribution in [0.1, 0.15) is 18.4 Å². The average molecular weight is 247 g/mol. The zero-order chi connectivity index (χ0) is 13.1. The van der Waals surface area contributed by atoms with Crippen molar-refractivity contribution in [3.63, 3.8) is 0 Å². The van der Waals surface area contributed by atoms with Crippen molar-refractivity contribution in [2.75, 3.05) is 30.8 Å². The van der Waals surface area contributed by atoms with E-state index in [0.717, 1.165) is 37.3 Å². The number of nitrogens with zero attached hydrogens (tertiary/aromatic N) is 1. The molecule has 0 spiro atoms. The number of hydrogen-bond acceptors (Lipinski definition) is 3. The lowest BCUT2D eigenvalue weighted by molar-refractivity contribution is -0.124. The van der Waals surface area contributed by atoms with E-state index in [1.54, 1.807) is 7.05 Å². The fourth-order valence-corrected chi connectivity index (χ4v) is 2.71. The molecule has 0 aromatic heterocycles. The molecule has 98 valence electrons. The molecule has 0 aliphatic carbocycles. The van der Waals surface area contributed by atoms with Crippen molar-refractivity contribution in [2.24, 2.45) is 5.92 Å². The van der Waals surface area contributed by atoms with Crippen LogP contribution in [-0.4, -0.2) is 26.0 Å². The fraction of sp³-hybridized carbons (Fsp3) is 0.500. The van der Waals surface area contributed by atoms with Gasteiger partial charge in [-0.2, -0.15) is 0 Å². The molecule has 0 bridgehead atoms. The number of amides is 1. The first-order valence-electron chi connectivity index (χ1n) is 6.45. The van der Waals surface area contributed by atoms with Crippen LogP contribution in [0.5, 0.6) is 0 Å². The molecule has 1 aliphatic rings. The Morgan fingerprint density at radius 2 is 2.28 bits per heavy atom. The van der Waals surface area contributed by atoms with Crippen molar-refractivity contribution in [1.82, 2.24) is 5.32 Å². The first-order chi connectivity index (χ1) is 8.63. The van der Waals surface area contributed by atoms with Crippen molar-refractivity contribution in [1.29, 1.82) is 0 Å². The van der Waals surface area contributed by atoms with E-state index in [9.17, 15) is 4.79 Å². The number of carbonyl (C=O) groups excluding carboxylic acids is 1. The summed E-state index contributed by atoms with van der Waals surface area (Å²) in [6, 6.07) is 5.95. The summed E-state index contributed by atoms with van der Waals surface area (Å²) < 4.78 is 0. The molecule has 4 heteroatoms. The van der Waals surface area contributed by atoms with Gasteiger partial charge in [-0.1, -0.05) is 12.1 Å². The SMILES string of the molecule is CNC(=O)C1CCCN(c2c(C)cccc2N)C1. The summed E-state index contributed by atoms with van der Waals surface area (Å²) in [5, 5.41) is 2.74. The van der Waals surface area contributed by atoms with Crippen molar-refractivity contribution in [3.05, 3.63) is 23.8 Å². The lowest BCUT2D eigenvalue weighted by Crippen LogP contribution is -2.42. The molecule has 0 saturated carbocycles. The molecule has 1 saturated heterocycles. The molecule has 1 unspecified atom stereocenters. The first kappa shape index (κ1) is 12.7. The predicted molar refractivity (Wildman–Crippen MR) is 74.6 cm³/mol. The Bertz CT molecular complexity index is 424. The third-order valence-electron chi connectivity index (χ3n) is 3.62. The van der Waals surface area contributed by atoms with Gasteiger partial charge in [0.25, 0.3) is 0 Å². The number of hydrogen-bond donors (Lipinski definition) is 2. The van der Waals surface area contributed by atoms with Crippen LogP contribution in [0.15, 0.2) is 18.2 Å². The second kappa shape index (κ2) is 5.29. The van der Waals surface area contributed by atoms with Gasteiger partial charge in [0.05, 0.1) is 17.3 Å². The van der Waals surface area contributed by atoms with Crippen molar-refractivity contribution >= 4 is 17.3 Å². The number of aryl methyl sites for hydroxylation is 1. The van der Waals surface area contributed by atoms with Gasteiger partial charge in [-0.15, -0.1) is 0 Å². The van der Waals surface area contributed by atoms with Gasteiger partial charge in [0.2, 0.25) is 5.91 Å². The summed E-state index contributed by atoms with van der Waals surface area (Å²) in [6.07, 6.45) is 1.99. The molecule has 1 heterocycles. The molecule has 2 rings (SSSR count). The van der Waals surface area contributed by atoms with E-state index in [0.29, 0.717) is 0 Å². The van der Waals surface area contributed by atoms with E-state index in [2.05, 4.69) is 23.2 Å². The van der Waals surface area contributed by atoms with Crippen LogP contribution >= 0.6 is 0 Å². The van der Waals surface area contributed by atoms with Gasteiger partial charge in [0, 0.05) is 20.1 Å². The molecule has 4 nitrogen and oxygen atoms in total. The average Bonchev–Trinajstić information content (AvgIpc) is 2.38. The Kier molecular flexibility index (Phi) is 3.75. The normalized spacial score (nSPS) is 19.7. The zero-order valence-corrected chi connectivity index (χ0v) is 11.1. The van der Waals surface area contributed by atoms with Crippen LogP contribution in [0, 0.1) is 12.8 Å². The minimum atomic E-state index is 0.0720. The van der Waals surface area contributed by atoms with Gasteiger partial charge in [-0.3, -0.25) is 4.79 Å². The van der Waals surface area contributed by atoms with Gasteiger partial charge in [-0.25, -0.2) is 0 Å². The molecule has 1 aliphatic heterocycles. The van der Waals surface area contributed by atoms with Crippen molar-refractivity contribution < 1.29 is 4.79 Å². The monoisotopic (exact) mass is 247 g/mol. The van der Waals surface area contributed by atoms with Crippen molar-refractivity contribution in [3.8, 4) is 0 Å². The summed E-state index contributed by atoms with van der Waals surface area (Å²) in [5.74, 6) is 0.203. The second-order valence-corrected chi connectivity index (χ2v) is 4.91. The van der Waals surface area contributed by atoms with Crippen LogP contribution in [-0.2, 0) is 4.79 Å². The van der Waals surface area contributed by atoms with E-state index >= 15 is 0 Å². The summed E-state index contributed by atoms with van der Waals surface area (Å²) >= 11 is 0. The van der Waals surface area contributed by atoms with Crippen LogP contribution in [0.3, 0.4) is 0 Å². The maximum absolute atomic E-state index is 11.7. The number of nitrogen functional groups attached to an aromatic ring is 1. The maximum Gasteiger partial charge on any atom is 0.224 e. The lowest BCUT2D eigenvalue weighted by Gasteiger charge is -2.35. The number of carbonyl (C=O) groups is 1. The molecule has 1 amide bonds. The molecule has 1 aromatic rings. The van der Waals surface area contributed by atoms with Crippen LogP contribution < -0.4 is 16.0 Å². The topological polar surface area (TPSA) is 58.4 Å². The van der Waals surface area contributed by atoms with E-state index in [4.69, 9.17) is 5.73 Å². The smallest absolute Gasteiger partial charge is 0.224 e. The molecular weight excluding hydrogens is 226 g/mol. The largest absolute Gasteiger partial charge is 0.397 e. The van der Waals surface area contributed by atoms with E-state index in [-0.39, 0.29) is 11.8 Å². The minimum Gasteiger partial charge on any atom is -0.397 e. The highest BCUT2D eigenvalue weighted by atomic mass is 16.1. The lowest BCUT2D eigenvalue weighted by atomic mass is 9.96. The van der Waals surface area contributed by atoms with Gasteiger partial charge in [0.15, 0.2) is 0 Å². The quantitative estimate of drug-likeness (QED) is 0.779. The van der Waals surface area contributed by atoms with Gasteiger partial charge < -0.3 is 16.0 Å². The van der Waals surface area contributed by atoms with Gasteiger partial charge in [-0.05, 0) is 31.4 Å². The van der Waals surface area contributed by atoms with Gasteiger partial charge >= 0.3 is 0 Å². The first-order valence-corrected chi connectivity index (χ1v) is 6.45. The number of anilines is 2. The highest BCUT2D eigenvalue weighted by Gasteiger charge is 2.26. The highest BCUT2D eigenvalue weighted by Crippen LogP contribution is 2.31. The molecule has 0 radical (unpaired) electrons. The summed E-state index contributed by atoms with van der Waals surface area (Å²) in [4.78, 5) is 14.0. The molecular formula is C14H21N3O. The summed E-state index contributed by atoms with van der Waals surface area (Å²) in [6.45, 7) is 3.80. The fourth-order valence-electron chi connectivity index (χ4n) is 2.71. The van der Waals surface area contributed by atoms with Crippen LogP contribution in [0.2, 0.25) is 0 Å². The Balaban J connectivity index is 2.21.